The molecule has 31 heavy (non-hydrogen) atoms. The van der Waals surface area contributed by atoms with Crippen LogP contribution in [0.2, 0.25) is 0 Å². The molecule has 0 saturated heterocycles. The summed E-state index contributed by atoms with van der Waals surface area (Å²) in [7, 11) is 0. The van der Waals surface area contributed by atoms with E-state index in [4.69, 9.17) is 4.74 Å². The van der Waals surface area contributed by atoms with Crippen LogP contribution in [0, 0.1) is 0 Å². The number of hydrogen-bond acceptors (Lipinski definition) is 3. The second kappa shape index (κ2) is 9.30. The van der Waals surface area contributed by atoms with Crippen molar-refractivity contribution >= 4 is 23.6 Å². The van der Waals surface area contributed by atoms with E-state index >= 15 is 0 Å². The molecule has 2 amide bonds. The summed E-state index contributed by atoms with van der Waals surface area (Å²) >= 11 is 0. The Morgan fingerprint density at radius 1 is 1.00 bits per heavy atom. The number of benzene rings is 3. The van der Waals surface area contributed by atoms with Crippen molar-refractivity contribution in [1.29, 1.82) is 0 Å². The molecular formula is C26H24N2O3. The van der Waals surface area contributed by atoms with Gasteiger partial charge in [0.05, 0.1) is 5.69 Å². The van der Waals surface area contributed by atoms with Crippen molar-refractivity contribution in [2.45, 2.75) is 25.8 Å². The summed E-state index contributed by atoms with van der Waals surface area (Å²) in [5, 5.41) is 5.85. The normalized spacial score (nSPS) is 14.9. The van der Waals surface area contributed by atoms with E-state index in [-0.39, 0.29) is 23.6 Å². The molecule has 3 aromatic rings. The van der Waals surface area contributed by atoms with Crippen molar-refractivity contribution in [3.8, 4) is 5.75 Å². The third-order valence-corrected chi connectivity index (χ3v) is 5.14. The Labute approximate surface area is 181 Å². The van der Waals surface area contributed by atoms with Crippen molar-refractivity contribution in [1.82, 2.24) is 5.32 Å². The Hall–Kier alpha value is -3.86. The lowest BCUT2D eigenvalue weighted by Crippen LogP contribution is -2.32. The molecule has 1 unspecified atom stereocenters. The SMILES string of the molecule is CC(CCc1ccccc1)NC(=O)c1ccc(C=C2Oc3ccccc3NC2=O)cc1. The molecule has 5 nitrogen and oxygen atoms in total. The van der Waals surface area contributed by atoms with E-state index in [1.165, 1.54) is 5.56 Å². The number of amides is 2. The summed E-state index contributed by atoms with van der Waals surface area (Å²) in [6, 6.07) is 24.7. The van der Waals surface area contributed by atoms with E-state index in [1.807, 2.05) is 37.3 Å². The largest absolute Gasteiger partial charge is 0.449 e. The quantitative estimate of drug-likeness (QED) is 0.571. The van der Waals surface area contributed by atoms with Gasteiger partial charge in [-0.1, -0.05) is 54.6 Å². The van der Waals surface area contributed by atoms with Gasteiger partial charge in [0, 0.05) is 11.6 Å². The number of anilines is 1. The van der Waals surface area contributed by atoms with E-state index in [0.717, 1.165) is 18.4 Å². The molecule has 4 rings (SSSR count). The number of ether oxygens (including phenoxy) is 1. The van der Waals surface area contributed by atoms with Crippen LogP contribution in [0.4, 0.5) is 5.69 Å². The minimum Gasteiger partial charge on any atom is -0.449 e. The maximum absolute atomic E-state index is 12.5. The van der Waals surface area contributed by atoms with Crippen molar-refractivity contribution in [2.24, 2.45) is 0 Å². The number of aryl methyl sites for hydroxylation is 1. The molecule has 1 atom stereocenters. The lowest BCUT2D eigenvalue weighted by Gasteiger charge is -2.19. The predicted octanol–water partition coefficient (Wildman–Crippen LogP) is 4.81. The molecule has 2 N–H and O–H groups in total. The Bertz CT molecular complexity index is 1110. The molecule has 1 aliphatic heterocycles. The number of nitrogens with one attached hydrogen (secondary N) is 2. The third kappa shape index (κ3) is 5.20. The maximum Gasteiger partial charge on any atom is 0.291 e. The molecule has 3 aromatic carbocycles. The predicted molar refractivity (Wildman–Crippen MR) is 122 cm³/mol. The van der Waals surface area contributed by atoms with Gasteiger partial charge in [0.25, 0.3) is 11.8 Å². The van der Waals surface area contributed by atoms with Crippen LogP contribution in [0.3, 0.4) is 0 Å². The van der Waals surface area contributed by atoms with E-state index in [9.17, 15) is 9.59 Å². The van der Waals surface area contributed by atoms with Crippen LogP contribution in [0.25, 0.3) is 6.08 Å². The van der Waals surface area contributed by atoms with Crippen LogP contribution in [-0.2, 0) is 11.2 Å². The summed E-state index contributed by atoms with van der Waals surface area (Å²) in [6.45, 7) is 2.01. The topological polar surface area (TPSA) is 67.4 Å². The average molecular weight is 412 g/mol. The summed E-state index contributed by atoms with van der Waals surface area (Å²) in [5.74, 6) is 0.410. The fourth-order valence-electron chi connectivity index (χ4n) is 3.39. The van der Waals surface area contributed by atoms with Gasteiger partial charge in [0.15, 0.2) is 11.5 Å². The lowest BCUT2D eigenvalue weighted by atomic mass is 10.1. The highest BCUT2D eigenvalue weighted by Gasteiger charge is 2.21. The highest BCUT2D eigenvalue weighted by atomic mass is 16.5. The third-order valence-electron chi connectivity index (χ3n) is 5.14. The first kappa shape index (κ1) is 20.4. The van der Waals surface area contributed by atoms with Crippen LogP contribution < -0.4 is 15.4 Å². The van der Waals surface area contributed by atoms with E-state index < -0.39 is 0 Å². The van der Waals surface area contributed by atoms with Gasteiger partial charge in [-0.05, 0) is 61.2 Å². The number of hydrogen-bond donors (Lipinski definition) is 2. The first-order valence-corrected chi connectivity index (χ1v) is 10.3. The number of para-hydroxylation sites is 2. The van der Waals surface area contributed by atoms with Gasteiger partial charge in [0.2, 0.25) is 0 Å². The lowest BCUT2D eigenvalue weighted by molar-refractivity contribution is -0.115. The van der Waals surface area contributed by atoms with Crippen molar-refractivity contribution in [3.63, 3.8) is 0 Å². The smallest absolute Gasteiger partial charge is 0.291 e. The van der Waals surface area contributed by atoms with Crippen LogP contribution in [-0.4, -0.2) is 17.9 Å². The van der Waals surface area contributed by atoms with Gasteiger partial charge in [-0.2, -0.15) is 0 Å². The van der Waals surface area contributed by atoms with Gasteiger partial charge >= 0.3 is 0 Å². The van der Waals surface area contributed by atoms with Gasteiger partial charge in [0.1, 0.15) is 0 Å². The summed E-state index contributed by atoms with van der Waals surface area (Å²) in [6.07, 6.45) is 3.45. The highest BCUT2D eigenvalue weighted by Crippen LogP contribution is 2.30. The van der Waals surface area contributed by atoms with Crippen LogP contribution >= 0.6 is 0 Å². The van der Waals surface area contributed by atoms with Gasteiger partial charge in [-0.15, -0.1) is 0 Å². The van der Waals surface area contributed by atoms with Crippen LogP contribution in [0.15, 0.2) is 84.6 Å². The summed E-state index contributed by atoms with van der Waals surface area (Å²) in [4.78, 5) is 24.8. The number of rotatable bonds is 6. The first-order chi connectivity index (χ1) is 15.1. The zero-order valence-corrected chi connectivity index (χ0v) is 17.3. The molecule has 0 fully saturated rings. The van der Waals surface area contributed by atoms with Crippen molar-refractivity contribution in [2.75, 3.05) is 5.32 Å². The monoisotopic (exact) mass is 412 g/mol. The minimum atomic E-state index is -0.298. The van der Waals surface area contributed by atoms with Crippen molar-refractivity contribution in [3.05, 3.63) is 101 Å². The molecule has 5 heteroatoms. The number of carbonyl (C=O) groups is 2. The molecule has 0 aromatic heterocycles. The molecular weight excluding hydrogens is 388 g/mol. The molecule has 0 aliphatic carbocycles. The van der Waals surface area contributed by atoms with Gasteiger partial charge in [-0.25, -0.2) is 0 Å². The molecule has 1 heterocycles. The molecule has 1 aliphatic rings. The fourth-order valence-corrected chi connectivity index (χ4v) is 3.39. The second-order valence-electron chi connectivity index (χ2n) is 7.58. The number of fused-ring (bicyclic) bond motifs is 1. The number of carbonyl (C=O) groups excluding carboxylic acids is 2. The van der Waals surface area contributed by atoms with Gasteiger partial charge < -0.3 is 15.4 Å². The Kier molecular flexibility index (Phi) is 6.13. The minimum absolute atomic E-state index is 0.0638. The van der Waals surface area contributed by atoms with Crippen molar-refractivity contribution < 1.29 is 14.3 Å². The summed E-state index contributed by atoms with van der Waals surface area (Å²) in [5.41, 5.74) is 3.27. The zero-order chi connectivity index (χ0) is 21.6. The zero-order valence-electron chi connectivity index (χ0n) is 17.3. The highest BCUT2D eigenvalue weighted by molar-refractivity contribution is 6.08. The fraction of sp³-hybridized carbons (Fsp3) is 0.154. The Balaban J connectivity index is 1.36. The Morgan fingerprint density at radius 3 is 2.48 bits per heavy atom. The van der Waals surface area contributed by atoms with Gasteiger partial charge in [-0.3, -0.25) is 9.59 Å². The standard InChI is InChI=1S/C26H24N2O3/c1-18(11-12-19-7-3-2-4-8-19)27-25(29)21-15-13-20(14-16-21)17-24-26(30)28-22-9-5-6-10-23(22)31-24/h2-10,13-18H,11-12H2,1H3,(H,27,29)(H,28,30). The molecule has 0 saturated carbocycles. The van der Waals surface area contributed by atoms with E-state index in [1.54, 1.807) is 42.5 Å². The van der Waals surface area contributed by atoms with E-state index in [0.29, 0.717) is 17.0 Å². The second-order valence-corrected chi connectivity index (χ2v) is 7.58. The van der Waals surface area contributed by atoms with Crippen LogP contribution in [0.1, 0.15) is 34.8 Å². The van der Waals surface area contributed by atoms with Crippen LogP contribution in [0.5, 0.6) is 5.75 Å². The summed E-state index contributed by atoms with van der Waals surface area (Å²) < 4.78 is 5.71. The first-order valence-electron chi connectivity index (χ1n) is 10.3. The molecule has 0 bridgehead atoms. The molecule has 0 radical (unpaired) electrons. The Morgan fingerprint density at radius 2 is 1.71 bits per heavy atom. The van der Waals surface area contributed by atoms with E-state index in [2.05, 4.69) is 22.8 Å². The molecule has 0 spiro atoms. The molecule has 156 valence electrons. The average Bonchev–Trinajstić information content (AvgIpc) is 2.79. The maximum atomic E-state index is 12.5.